The summed E-state index contributed by atoms with van der Waals surface area (Å²) in [6.07, 6.45) is 6.36. The van der Waals surface area contributed by atoms with Gasteiger partial charge in [-0.3, -0.25) is 0 Å². The monoisotopic (exact) mass is 192 g/mol. The van der Waals surface area contributed by atoms with E-state index < -0.39 is 5.97 Å². The van der Waals surface area contributed by atoms with Crippen molar-refractivity contribution in [3.05, 3.63) is 0 Å². The van der Waals surface area contributed by atoms with Crippen LogP contribution in [-0.4, -0.2) is 5.97 Å². The molecule has 0 aromatic carbocycles. The standard InChI is InChI=1S/C10H18O2.Na/c1-2-5-9(10(11)12)8-6-3-4-7-8;/h8-9H,2-7H2,1H3,(H,11,12);/q;+1/p-1. The zero-order chi connectivity index (χ0) is 8.97. The number of rotatable bonds is 4. The SMILES string of the molecule is CCCC(C(=O)[O-])C1CCCC1.[Na+]. The van der Waals surface area contributed by atoms with E-state index in [0.717, 1.165) is 25.7 Å². The zero-order valence-electron chi connectivity index (χ0n) is 8.71. The maximum Gasteiger partial charge on any atom is 1.00 e. The number of aliphatic carboxylic acids is 1. The molecule has 0 N–H and O–H groups in total. The number of carboxylic acids is 1. The second kappa shape index (κ2) is 6.86. The van der Waals surface area contributed by atoms with E-state index in [9.17, 15) is 9.90 Å². The van der Waals surface area contributed by atoms with Crippen molar-refractivity contribution in [2.24, 2.45) is 11.8 Å². The van der Waals surface area contributed by atoms with Crippen molar-refractivity contribution in [2.45, 2.75) is 45.4 Å². The minimum atomic E-state index is -0.830. The summed E-state index contributed by atoms with van der Waals surface area (Å²) in [5.74, 6) is -0.587. The van der Waals surface area contributed by atoms with Crippen LogP contribution in [0.5, 0.6) is 0 Å². The van der Waals surface area contributed by atoms with Gasteiger partial charge < -0.3 is 9.90 Å². The largest absolute Gasteiger partial charge is 1.00 e. The molecule has 0 saturated heterocycles. The molecule has 13 heavy (non-hydrogen) atoms. The van der Waals surface area contributed by atoms with E-state index in [2.05, 4.69) is 0 Å². The molecule has 1 unspecified atom stereocenters. The summed E-state index contributed by atoms with van der Waals surface area (Å²) in [7, 11) is 0. The average Bonchev–Trinajstić information content (AvgIpc) is 2.51. The maximum atomic E-state index is 10.8. The predicted octanol–water partition coefficient (Wildman–Crippen LogP) is -1.65. The first-order valence-electron chi connectivity index (χ1n) is 4.96. The molecule has 0 aromatic rings. The molecule has 0 bridgehead atoms. The molecule has 1 rings (SSSR count). The van der Waals surface area contributed by atoms with Crippen molar-refractivity contribution in [3.8, 4) is 0 Å². The van der Waals surface area contributed by atoms with Gasteiger partial charge in [0.15, 0.2) is 0 Å². The fraction of sp³-hybridized carbons (Fsp3) is 0.900. The van der Waals surface area contributed by atoms with Crippen molar-refractivity contribution in [2.75, 3.05) is 0 Å². The van der Waals surface area contributed by atoms with Crippen LogP contribution in [0.1, 0.15) is 45.4 Å². The van der Waals surface area contributed by atoms with E-state index >= 15 is 0 Å². The van der Waals surface area contributed by atoms with E-state index in [-0.39, 0.29) is 35.5 Å². The van der Waals surface area contributed by atoms with Crippen LogP contribution in [0.15, 0.2) is 0 Å². The fourth-order valence-electron chi connectivity index (χ4n) is 2.22. The first-order chi connectivity index (χ1) is 5.75. The van der Waals surface area contributed by atoms with Crippen molar-refractivity contribution in [1.82, 2.24) is 0 Å². The van der Waals surface area contributed by atoms with Crippen LogP contribution >= 0.6 is 0 Å². The molecule has 1 fully saturated rings. The van der Waals surface area contributed by atoms with E-state index in [1.807, 2.05) is 6.92 Å². The van der Waals surface area contributed by atoms with Crippen LogP contribution in [0.25, 0.3) is 0 Å². The molecule has 0 amide bonds. The van der Waals surface area contributed by atoms with Crippen LogP contribution in [-0.2, 0) is 4.79 Å². The predicted molar refractivity (Wildman–Crippen MR) is 45.4 cm³/mol. The summed E-state index contributed by atoms with van der Waals surface area (Å²) >= 11 is 0. The van der Waals surface area contributed by atoms with E-state index in [1.165, 1.54) is 12.8 Å². The number of carboxylic acid groups (broad SMARTS) is 1. The van der Waals surface area contributed by atoms with E-state index in [1.54, 1.807) is 0 Å². The molecule has 2 nitrogen and oxygen atoms in total. The van der Waals surface area contributed by atoms with Crippen LogP contribution in [0.4, 0.5) is 0 Å². The minimum Gasteiger partial charge on any atom is -0.550 e. The Morgan fingerprint density at radius 2 is 2.00 bits per heavy atom. The Bertz CT molecular complexity index is 153. The molecule has 1 aliphatic rings. The topological polar surface area (TPSA) is 40.1 Å². The Hall–Kier alpha value is 0.470. The van der Waals surface area contributed by atoms with Crippen LogP contribution in [0, 0.1) is 11.8 Å². The first kappa shape index (κ1) is 13.5. The van der Waals surface area contributed by atoms with Crippen molar-refractivity contribution in [3.63, 3.8) is 0 Å². The molecule has 0 radical (unpaired) electrons. The molecule has 1 saturated carbocycles. The maximum absolute atomic E-state index is 10.8. The molecule has 70 valence electrons. The smallest absolute Gasteiger partial charge is 0.550 e. The van der Waals surface area contributed by atoms with Gasteiger partial charge in [-0.15, -0.1) is 0 Å². The third kappa shape index (κ3) is 4.01. The Labute approximate surface area is 102 Å². The van der Waals surface area contributed by atoms with Crippen molar-refractivity contribution >= 4 is 5.97 Å². The van der Waals surface area contributed by atoms with Gasteiger partial charge in [0.1, 0.15) is 0 Å². The summed E-state index contributed by atoms with van der Waals surface area (Å²) in [6.45, 7) is 2.03. The summed E-state index contributed by atoms with van der Waals surface area (Å²) in [5, 5.41) is 10.8. The van der Waals surface area contributed by atoms with Gasteiger partial charge in [-0.2, -0.15) is 0 Å². The van der Waals surface area contributed by atoms with Crippen molar-refractivity contribution < 1.29 is 39.5 Å². The number of carbonyl (C=O) groups is 1. The summed E-state index contributed by atoms with van der Waals surface area (Å²) in [5.41, 5.74) is 0. The number of carbonyl (C=O) groups excluding carboxylic acids is 1. The van der Waals surface area contributed by atoms with Gasteiger partial charge in [-0.25, -0.2) is 0 Å². The molecule has 0 heterocycles. The van der Waals surface area contributed by atoms with Gasteiger partial charge in [0.2, 0.25) is 0 Å². The quantitative estimate of drug-likeness (QED) is 0.501. The molecule has 3 heteroatoms. The minimum absolute atomic E-state index is 0. The van der Waals surface area contributed by atoms with Gasteiger partial charge >= 0.3 is 29.6 Å². The average molecular weight is 192 g/mol. The fourth-order valence-corrected chi connectivity index (χ4v) is 2.22. The van der Waals surface area contributed by atoms with Gasteiger partial charge in [-0.1, -0.05) is 26.2 Å². The van der Waals surface area contributed by atoms with Crippen LogP contribution < -0.4 is 34.7 Å². The third-order valence-corrected chi connectivity index (χ3v) is 2.87. The molecule has 0 aliphatic heterocycles. The van der Waals surface area contributed by atoms with Gasteiger partial charge in [0.25, 0.3) is 0 Å². The second-order valence-electron chi connectivity index (χ2n) is 3.76. The van der Waals surface area contributed by atoms with E-state index in [4.69, 9.17) is 0 Å². The van der Waals surface area contributed by atoms with Crippen molar-refractivity contribution in [1.29, 1.82) is 0 Å². The Morgan fingerprint density at radius 1 is 1.46 bits per heavy atom. The van der Waals surface area contributed by atoms with Crippen LogP contribution in [0.2, 0.25) is 0 Å². The third-order valence-electron chi connectivity index (χ3n) is 2.87. The molecule has 0 spiro atoms. The number of hydrogen-bond donors (Lipinski definition) is 0. The normalized spacial score (nSPS) is 19.5. The molecular weight excluding hydrogens is 175 g/mol. The first-order valence-corrected chi connectivity index (χ1v) is 4.96. The molecular formula is C10H17NaO2. The second-order valence-corrected chi connectivity index (χ2v) is 3.76. The zero-order valence-corrected chi connectivity index (χ0v) is 10.7. The van der Waals surface area contributed by atoms with Gasteiger partial charge in [-0.05, 0) is 25.2 Å². The molecule has 1 aliphatic carbocycles. The van der Waals surface area contributed by atoms with Gasteiger partial charge in [0, 0.05) is 11.9 Å². The molecule has 1 atom stereocenters. The van der Waals surface area contributed by atoms with Gasteiger partial charge in [0.05, 0.1) is 0 Å². The summed E-state index contributed by atoms with van der Waals surface area (Å²) < 4.78 is 0. The Morgan fingerprint density at radius 3 is 2.38 bits per heavy atom. The Kier molecular flexibility index (Phi) is 7.10. The number of hydrogen-bond acceptors (Lipinski definition) is 2. The summed E-state index contributed by atoms with van der Waals surface area (Å²) in [4.78, 5) is 10.8. The summed E-state index contributed by atoms with van der Waals surface area (Å²) in [6, 6.07) is 0. The van der Waals surface area contributed by atoms with E-state index in [0.29, 0.717) is 5.92 Å². The van der Waals surface area contributed by atoms with Crippen LogP contribution in [0.3, 0.4) is 0 Å². The molecule has 0 aromatic heterocycles. The Balaban J connectivity index is 0.00000144.